The minimum Gasteiger partial charge on any atom is -0.384 e. The lowest BCUT2D eigenvalue weighted by Gasteiger charge is -2.21. The molecule has 0 radical (unpaired) electrons. The van der Waals surface area contributed by atoms with Gasteiger partial charge in [0.2, 0.25) is 0 Å². The van der Waals surface area contributed by atoms with E-state index in [0.29, 0.717) is 0 Å². The van der Waals surface area contributed by atoms with Crippen molar-refractivity contribution in [1.82, 2.24) is 9.78 Å². The van der Waals surface area contributed by atoms with Crippen molar-refractivity contribution in [3.8, 4) is 11.3 Å². The molecule has 2 heterocycles. The zero-order valence-electron chi connectivity index (χ0n) is 10.1. The first-order valence-corrected chi connectivity index (χ1v) is 6.28. The van der Waals surface area contributed by atoms with Gasteiger partial charge >= 0.3 is 0 Å². The van der Waals surface area contributed by atoms with Crippen LogP contribution in [0.2, 0.25) is 0 Å². The molecule has 0 spiro atoms. The number of aromatic nitrogens is 2. The Labute approximate surface area is 101 Å². The van der Waals surface area contributed by atoms with Crippen LogP contribution < -0.4 is 5.32 Å². The quantitative estimate of drug-likeness (QED) is 0.855. The average Bonchev–Trinajstić information content (AvgIpc) is 2.86. The maximum absolute atomic E-state index is 4.35. The number of hydrogen-bond donors (Lipinski definition) is 1. The normalized spacial score (nSPS) is 14.2. The van der Waals surface area contributed by atoms with E-state index in [4.69, 9.17) is 0 Å². The summed E-state index contributed by atoms with van der Waals surface area (Å²) in [4.78, 5) is 0. The molecule has 0 amide bonds. The van der Waals surface area contributed by atoms with Crippen LogP contribution in [0.15, 0.2) is 30.5 Å². The molecule has 0 atom stereocenters. The standard InChI is InChI=1S/C14H17N3/c1-2-17-13(8-10-16-17)12-7-3-5-11-6-4-9-15-14(11)12/h3,5,7-8,10,15H,2,4,6,9H2,1H3. The summed E-state index contributed by atoms with van der Waals surface area (Å²) in [5.74, 6) is 0. The fraction of sp³-hybridized carbons (Fsp3) is 0.357. The van der Waals surface area contributed by atoms with Crippen LogP contribution in [0.25, 0.3) is 11.3 Å². The number of aryl methyl sites for hydroxylation is 2. The first kappa shape index (κ1) is 10.4. The third-order valence-corrected chi connectivity index (χ3v) is 3.37. The Hall–Kier alpha value is -1.77. The van der Waals surface area contributed by atoms with E-state index in [2.05, 4.69) is 41.6 Å². The summed E-state index contributed by atoms with van der Waals surface area (Å²) >= 11 is 0. The minimum absolute atomic E-state index is 0.909. The molecule has 1 aromatic carbocycles. The maximum Gasteiger partial charge on any atom is 0.0702 e. The molecule has 0 bridgehead atoms. The fourth-order valence-corrected chi connectivity index (χ4v) is 2.54. The van der Waals surface area contributed by atoms with Crippen molar-refractivity contribution in [2.45, 2.75) is 26.3 Å². The number of anilines is 1. The van der Waals surface area contributed by atoms with Crippen molar-refractivity contribution in [1.29, 1.82) is 0 Å². The van der Waals surface area contributed by atoms with Gasteiger partial charge in [-0.3, -0.25) is 4.68 Å². The van der Waals surface area contributed by atoms with Crippen molar-refractivity contribution in [3.05, 3.63) is 36.0 Å². The highest BCUT2D eigenvalue weighted by Crippen LogP contribution is 2.33. The van der Waals surface area contributed by atoms with E-state index in [1.165, 1.54) is 35.3 Å². The average molecular weight is 227 g/mol. The van der Waals surface area contributed by atoms with Gasteiger partial charge in [-0.05, 0) is 31.4 Å². The minimum atomic E-state index is 0.909. The summed E-state index contributed by atoms with van der Waals surface area (Å²) in [6.07, 6.45) is 4.28. The highest BCUT2D eigenvalue weighted by Gasteiger charge is 2.15. The molecule has 0 saturated heterocycles. The smallest absolute Gasteiger partial charge is 0.0702 e. The second-order valence-electron chi connectivity index (χ2n) is 4.40. The lowest BCUT2D eigenvalue weighted by molar-refractivity contribution is 0.667. The van der Waals surface area contributed by atoms with Gasteiger partial charge in [0.05, 0.1) is 5.69 Å². The molecule has 2 aromatic rings. The highest BCUT2D eigenvalue weighted by atomic mass is 15.3. The molecule has 1 N–H and O–H groups in total. The Morgan fingerprint density at radius 1 is 1.35 bits per heavy atom. The lowest BCUT2D eigenvalue weighted by Crippen LogP contribution is -2.13. The predicted molar refractivity (Wildman–Crippen MR) is 70.1 cm³/mol. The summed E-state index contributed by atoms with van der Waals surface area (Å²) in [7, 11) is 0. The maximum atomic E-state index is 4.35. The second-order valence-corrected chi connectivity index (χ2v) is 4.40. The van der Waals surface area contributed by atoms with Gasteiger partial charge in [-0.2, -0.15) is 5.10 Å². The molecule has 1 aromatic heterocycles. The molecule has 0 unspecified atom stereocenters. The Morgan fingerprint density at radius 2 is 2.29 bits per heavy atom. The molecule has 1 aliphatic heterocycles. The Balaban J connectivity index is 2.14. The van der Waals surface area contributed by atoms with Crippen molar-refractivity contribution < 1.29 is 0 Å². The van der Waals surface area contributed by atoms with Gasteiger partial charge in [0, 0.05) is 30.5 Å². The number of nitrogens with zero attached hydrogens (tertiary/aromatic N) is 2. The molecule has 3 rings (SSSR count). The van der Waals surface area contributed by atoms with E-state index >= 15 is 0 Å². The van der Waals surface area contributed by atoms with Crippen LogP contribution in [-0.4, -0.2) is 16.3 Å². The van der Waals surface area contributed by atoms with Crippen LogP contribution in [0.1, 0.15) is 18.9 Å². The zero-order valence-corrected chi connectivity index (χ0v) is 10.1. The van der Waals surface area contributed by atoms with E-state index in [1.807, 2.05) is 10.9 Å². The third-order valence-electron chi connectivity index (χ3n) is 3.37. The summed E-state index contributed by atoms with van der Waals surface area (Å²) in [6, 6.07) is 8.64. The second kappa shape index (κ2) is 4.24. The van der Waals surface area contributed by atoms with Crippen molar-refractivity contribution in [3.63, 3.8) is 0 Å². The number of rotatable bonds is 2. The van der Waals surface area contributed by atoms with Gasteiger partial charge in [0.1, 0.15) is 0 Å². The molecule has 3 heteroatoms. The number of hydrogen-bond acceptors (Lipinski definition) is 2. The molecular weight excluding hydrogens is 210 g/mol. The van der Waals surface area contributed by atoms with E-state index < -0.39 is 0 Å². The number of nitrogens with one attached hydrogen (secondary N) is 1. The largest absolute Gasteiger partial charge is 0.384 e. The van der Waals surface area contributed by atoms with Crippen LogP contribution in [0.4, 0.5) is 5.69 Å². The fourth-order valence-electron chi connectivity index (χ4n) is 2.54. The van der Waals surface area contributed by atoms with Gasteiger partial charge in [0.15, 0.2) is 0 Å². The van der Waals surface area contributed by atoms with Gasteiger partial charge in [-0.15, -0.1) is 0 Å². The van der Waals surface area contributed by atoms with Gasteiger partial charge in [-0.1, -0.05) is 18.2 Å². The van der Waals surface area contributed by atoms with Crippen LogP contribution in [0.5, 0.6) is 0 Å². The number of fused-ring (bicyclic) bond motifs is 1. The summed E-state index contributed by atoms with van der Waals surface area (Å²) in [5, 5.41) is 7.88. The predicted octanol–water partition coefficient (Wildman–Crippen LogP) is 2.93. The van der Waals surface area contributed by atoms with Gasteiger partial charge in [0.25, 0.3) is 0 Å². The van der Waals surface area contributed by atoms with E-state index in [-0.39, 0.29) is 0 Å². The van der Waals surface area contributed by atoms with Crippen molar-refractivity contribution >= 4 is 5.69 Å². The number of benzene rings is 1. The van der Waals surface area contributed by atoms with Crippen molar-refractivity contribution in [2.75, 3.05) is 11.9 Å². The first-order valence-electron chi connectivity index (χ1n) is 6.28. The van der Waals surface area contributed by atoms with E-state index in [0.717, 1.165) is 13.1 Å². The summed E-state index contributed by atoms with van der Waals surface area (Å²) < 4.78 is 2.05. The summed E-state index contributed by atoms with van der Waals surface area (Å²) in [6.45, 7) is 4.11. The van der Waals surface area contributed by atoms with Crippen molar-refractivity contribution in [2.24, 2.45) is 0 Å². The number of para-hydroxylation sites is 1. The zero-order chi connectivity index (χ0) is 11.7. The summed E-state index contributed by atoms with van der Waals surface area (Å²) in [5.41, 5.74) is 5.21. The molecule has 17 heavy (non-hydrogen) atoms. The Bertz CT molecular complexity index is 528. The van der Waals surface area contributed by atoms with Crippen LogP contribution in [0.3, 0.4) is 0 Å². The molecule has 0 saturated carbocycles. The molecular formula is C14H17N3. The third kappa shape index (κ3) is 1.71. The lowest BCUT2D eigenvalue weighted by atomic mass is 9.98. The SMILES string of the molecule is CCn1nccc1-c1cccc2c1NCCC2. The van der Waals surface area contributed by atoms with Gasteiger partial charge in [-0.25, -0.2) is 0 Å². The van der Waals surface area contributed by atoms with Crippen LogP contribution in [0, 0.1) is 0 Å². The molecule has 0 aliphatic carbocycles. The van der Waals surface area contributed by atoms with Crippen LogP contribution in [-0.2, 0) is 13.0 Å². The molecule has 88 valence electrons. The molecule has 1 aliphatic rings. The Kier molecular flexibility index (Phi) is 2.59. The topological polar surface area (TPSA) is 29.9 Å². The van der Waals surface area contributed by atoms with E-state index in [1.54, 1.807) is 0 Å². The molecule has 3 nitrogen and oxygen atoms in total. The Morgan fingerprint density at radius 3 is 3.18 bits per heavy atom. The monoisotopic (exact) mass is 227 g/mol. The van der Waals surface area contributed by atoms with Crippen LogP contribution >= 0.6 is 0 Å². The highest BCUT2D eigenvalue weighted by molar-refractivity contribution is 5.79. The van der Waals surface area contributed by atoms with E-state index in [9.17, 15) is 0 Å². The molecule has 0 fully saturated rings. The first-order chi connectivity index (χ1) is 8.40. The van der Waals surface area contributed by atoms with Gasteiger partial charge < -0.3 is 5.32 Å².